The van der Waals surface area contributed by atoms with Crippen LogP contribution in [0.25, 0.3) is 22.2 Å². The van der Waals surface area contributed by atoms with E-state index in [-0.39, 0.29) is 12.4 Å². The van der Waals surface area contributed by atoms with Crippen molar-refractivity contribution in [2.75, 3.05) is 0 Å². The molecule has 8 heteroatoms. The molecule has 0 aliphatic carbocycles. The van der Waals surface area contributed by atoms with E-state index in [0.29, 0.717) is 11.1 Å². The van der Waals surface area contributed by atoms with Gasteiger partial charge in [-0.3, -0.25) is 4.98 Å². The number of halogens is 3. The molecule has 0 saturated heterocycles. The lowest BCUT2D eigenvalue weighted by molar-refractivity contribution is -0.141. The molecule has 2 heterocycles. The van der Waals surface area contributed by atoms with Crippen molar-refractivity contribution >= 4 is 16.7 Å². The van der Waals surface area contributed by atoms with Gasteiger partial charge in [0, 0.05) is 18.0 Å². The van der Waals surface area contributed by atoms with E-state index in [9.17, 15) is 23.1 Å². The Morgan fingerprint density at radius 3 is 2.47 bits per heavy atom. The molecular formula is C22H16F3N3O2. The lowest BCUT2D eigenvalue weighted by Crippen LogP contribution is -2.17. The van der Waals surface area contributed by atoms with Crippen LogP contribution in [0.1, 0.15) is 27.3 Å². The summed E-state index contributed by atoms with van der Waals surface area (Å²) < 4.78 is 42.0. The summed E-state index contributed by atoms with van der Waals surface area (Å²) in [7, 11) is 0. The number of aromatic nitrogens is 3. The molecule has 4 rings (SSSR count). The van der Waals surface area contributed by atoms with Crippen LogP contribution in [-0.2, 0) is 12.7 Å². The Hall–Kier alpha value is -3.68. The largest absolute Gasteiger partial charge is 0.477 e. The Morgan fingerprint density at radius 2 is 1.83 bits per heavy atom. The van der Waals surface area contributed by atoms with Gasteiger partial charge in [0.15, 0.2) is 11.4 Å². The van der Waals surface area contributed by atoms with Crippen LogP contribution in [0.3, 0.4) is 0 Å². The number of carbonyl (C=O) groups is 1. The van der Waals surface area contributed by atoms with Gasteiger partial charge in [0.1, 0.15) is 5.82 Å². The molecule has 0 saturated carbocycles. The fourth-order valence-electron chi connectivity index (χ4n) is 3.66. The van der Waals surface area contributed by atoms with Crippen LogP contribution in [0.2, 0.25) is 0 Å². The number of aromatic carboxylic acids is 1. The minimum absolute atomic E-state index is 0.0862. The van der Waals surface area contributed by atoms with Crippen molar-refractivity contribution in [1.82, 2.24) is 14.5 Å². The summed E-state index contributed by atoms with van der Waals surface area (Å²) in [5.74, 6) is -1.79. The van der Waals surface area contributed by atoms with Crippen molar-refractivity contribution in [1.29, 1.82) is 0 Å². The first kappa shape index (κ1) is 19.6. The number of imidazole rings is 1. The summed E-state index contributed by atoms with van der Waals surface area (Å²) in [5, 5.41) is 11.4. The van der Waals surface area contributed by atoms with E-state index in [1.54, 1.807) is 24.3 Å². The molecule has 5 nitrogen and oxygen atoms in total. The van der Waals surface area contributed by atoms with Crippen molar-refractivity contribution < 1.29 is 23.1 Å². The molecule has 0 bridgehead atoms. The lowest BCUT2D eigenvalue weighted by Gasteiger charge is -2.14. The predicted octanol–water partition coefficient (Wildman–Crippen LogP) is 5.17. The van der Waals surface area contributed by atoms with Gasteiger partial charge in [0.05, 0.1) is 6.54 Å². The molecule has 0 amide bonds. The predicted molar refractivity (Wildman–Crippen MR) is 105 cm³/mol. The average Bonchev–Trinajstić information content (AvgIpc) is 3.09. The molecule has 30 heavy (non-hydrogen) atoms. The van der Waals surface area contributed by atoms with Gasteiger partial charge in [0.25, 0.3) is 0 Å². The minimum atomic E-state index is -4.91. The highest BCUT2D eigenvalue weighted by Crippen LogP contribution is 2.35. The topological polar surface area (TPSA) is 68.0 Å². The number of carboxylic acid groups (broad SMARTS) is 1. The second-order valence-electron chi connectivity index (χ2n) is 6.85. The van der Waals surface area contributed by atoms with Crippen LogP contribution < -0.4 is 0 Å². The van der Waals surface area contributed by atoms with E-state index in [1.165, 1.54) is 12.4 Å². The molecule has 2 aromatic heterocycles. The quantitative estimate of drug-likeness (QED) is 0.503. The van der Waals surface area contributed by atoms with Crippen molar-refractivity contribution in [3.8, 4) is 11.4 Å². The van der Waals surface area contributed by atoms with E-state index in [2.05, 4.69) is 9.97 Å². The lowest BCUT2D eigenvalue weighted by atomic mass is 10.00. The smallest absolute Gasteiger partial charge is 0.435 e. The van der Waals surface area contributed by atoms with Gasteiger partial charge >= 0.3 is 12.1 Å². The highest BCUT2D eigenvalue weighted by molar-refractivity contribution is 5.90. The summed E-state index contributed by atoms with van der Waals surface area (Å²) in [6.07, 6.45) is -2.07. The van der Waals surface area contributed by atoms with Gasteiger partial charge in [0.2, 0.25) is 0 Å². The zero-order valence-electron chi connectivity index (χ0n) is 15.8. The zero-order chi connectivity index (χ0) is 21.5. The Morgan fingerprint density at radius 1 is 1.10 bits per heavy atom. The van der Waals surface area contributed by atoms with E-state index >= 15 is 0 Å². The van der Waals surface area contributed by atoms with Gasteiger partial charge in [-0.25, -0.2) is 9.78 Å². The maximum Gasteiger partial charge on any atom is 0.435 e. The fourth-order valence-corrected chi connectivity index (χ4v) is 3.66. The molecule has 0 spiro atoms. The summed E-state index contributed by atoms with van der Waals surface area (Å²) in [6, 6.07) is 14.3. The number of fused-ring (bicyclic) bond motifs is 1. The molecule has 0 atom stereocenters. The van der Waals surface area contributed by atoms with Gasteiger partial charge < -0.3 is 9.67 Å². The molecular weight excluding hydrogens is 395 g/mol. The monoisotopic (exact) mass is 411 g/mol. The van der Waals surface area contributed by atoms with Gasteiger partial charge in [-0.2, -0.15) is 13.2 Å². The van der Waals surface area contributed by atoms with Crippen LogP contribution in [0.15, 0.2) is 60.9 Å². The number of hydrogen-bond acceptors (Lipinski definition) is 3. The van der Waals surface area contributed by atoms with Crippen molar-refractivity contribution in [3.05, 3.63) is 83.4 Å². The Kier molecular flexibility index (Phi) is 4.77. The van der Waals surface area contributed by atoms with Gasteiger partial charge in [-0.15, -0.1) is 0 Å². The third kappa shape index (κ3) is 3.41. The van der Waals surface area contributed by atoms with Crippen LogP contribution in [-0.4, -0.2) is 25.6 Å². The number of aryl methyl sites for hydroxylation is 1. The SMILES string of the molecule is Cc1cccc2cccc(Cn3c(-c4cccnc4)nc(C(F)(F)F)c3C(=O)O)c12. The van der Waals surface area contributed by atoms with Gasteiger partial charge in [-0.05, 0) is 41.0 Å². The maximum atomic E-state index is 13.6. The maximum absolute atomic E-state index is 13.6. The first-order valence-corrected chi connectivity index (χ1v) is 9.06. The molecule has 1 N–H and O–H groups in total. The molecule has 2 aromatic carbocycles. The zero-order valence-corrected chi connectivity index (χ0v) is 15.8. The summed E-state index contributed by atoms with van der Waals surface area (Å²) >= 11 is 0. The van der Waals surface area contributed by atoms with Crippen molar-refractivity contribution in [2.24, 2.45) is 0 Å². The Labute approximate surface area is 169 Å². The second-order valence-corrected chi connectivity index (χ2v) is 6.85. The van der Waals surface area contributed by atoms with E-state index in [4.69, 9.17) is 0 Å². The van der Waals surface area contributed by atoms with Crippen molar-refractivity contribution in [2.45, 2.75) is 19.6 Å². The van der Waals surface area contributed by atoms with E-state index in [1.807, 2.05) is 31.2 Å². The number of pyridine rings is 1. The highest BCUT2D eigenvalue weighted by atomic mass is 19.4. The molecule has 4 aromatic rings. The van der Waals surface area contributed by atoms with Crippen LogP contribution in [0.5, 0.6) is 0 Å². The van der Waals surface area contributed by atoms with Crippen LogP contribution >= 0.6 is 0 Å². The summed E-state index contributed by atoms with van der Waals surface area (Å²) in [4.78, 5) is 19.5. The fraction of sp³-hybridized carbons (Fsp3) is 0.136. The third-order valence-electron chi connectivity index (χ3n) is 4.89. The van der Waals surface area contributed by atoms with Gasteiger partial charge in [-0.1, -0.05) is 36.4 Å². The molecule has 0 unspecified atom stereocenters. The van der Waals surface area contributed by atoms with Crippen molar-refractivity contribution in [3.63, 3.8) is 0 Å². The first-order chi connectivity index (χ1) is 14.3. The normalized spacial score (nSPS) is 11.7. The Bertz CT molecular complexity index is 1240. The minimum Gasteiger partial charge on any atom is -0.477 e. The number of carboxylic acids is 1. The van der Waals surface area contributed by atoms with E-state index in [0.717, 1.165) is 20.9 Å². The number of rotatable bonds is 4. The summed E-state index contributed by atoms with van der Waals surface area (Å²) in [6.45, 7) is 1.82. The van der Waals surface area contributed by atoms with Crippen LogP contribution in [0.4, 0.5) is 13.2 Å². The summed E-state index contributed by atoms with van der Waals surface area (Å²) in [5.41, 5.74) is -0.381. The van der Waals surface area contributed by atoms with Crippen LogP contribution in [0, 0.1) is 6.92 Å². The number of hydrogen-bond donors (Lipinski definition) is 1. The molecule has 0 fully saturated rings. The molecule has 0 radical (unpaired) electrons. The second kappa shape index (κ2) is 7.29. The third-order valence-corrected chi connectivity index (χ3v) is 4.89. The standard InChI is InChI=1S/C22H16F3N3O2/c1-13-5-2-6-14-7-3-8-16(17(13)14)12-28-18(21(29)30)19(22(23,24)25)27-20(28)15-9-4-10-26-11-15/h2-11H,12H2,1H3,(H,29,30). The molecule has 152 valence electrons. The number of alkyl halides is 3. The average molecular weight is 411 g/mol. The van der Waals surface area contributed by atoms with E-state index < -0.39 is 23.5 Å². The Balaban J connectivity index is 2.00. The number of benzene rings is 2. The number of nitrogens with zero attached hydrogens (tertiary/aromatic N) is 3. The molecule has 0 aliphatic heterocycles. The first-order valence-electron chi connectivity index (χ1n) is 9.06. The molecule has 0 aliphatic rings. The highest BCUT2D eigenvalue weighted by Gasteiger charge is 2.41.